The minimum atomic E-state index is 0.456. The van der Waals surface area contributed by atoms with E-state index in [1.807, 2.05) is 0 Å². The molecule has 0 N–H and O–H groups in total. The van der Waals surface area contributed by atoms with E-state index in [1.54, 1.807) is 0 Å². The van der Waals surface area contributed by atoms with Crippen LogP contribution in [0.15, 0.2) is 66.9 Å². The highest BCUT2D eigenvalue weighted by Gasteiger charge is 2.27. The lowest BCUT2D eigenvalue weighted by atomic mass is 9.87. The maximum atomic E-state index is 2.50. The third kappa shape index (κ3) is 2.89. The lowest BCUT2D eigenvalue weighted by Crippen LogP contribution is -2.26. The third-order valence-corrected chi connectivity index (χ3v) is 6.66. The van der Waals surface area contributed by atoms with Crippen molar-refractivity contribution < 1.29 is 4.57 Å². The van der Waals surface area contributed by atoms with Gasteiger partial charge in [0.25, 0.3) is 5.65 Å². The number of aromatic nitrogens is 2. The first-order valence-corrected chi connectivity index (χ1v) is 11.3. The molecule has 3 aromatic carbocycles. The first kappa shape index (κ1) is 19.8. The fourth-order valence-corrected chi connectivity index (χ4v) is 5.21. The molecule has 0 spiro atoms. The lowest BCUT2D eigenvalue weighted by Gasteiger charge is -2.18. The van der Waals surface area contributed by atoms with Crippen molar-refractivity contribution in [2.24, 2.45) is 7.05 Å². The van der Waals surface area contributed by atoms with E-state index in [0.29, 0.717) is 11.8 Å². The molecule has 0 amide bonds. The molecule has 2 heteroatoms. The quantitative estimate of drug-likeness (QED) is 0.219. The van der Waals surface area contributed by atoms with Crippen LogP contribution in [0.2, 0.25) is 0 Å². The molecule has 5 aromatic rings. The smallest absolute Gasteiger partial charge is 0.232 e. The zero-order valence-corrected chi connectivity index (χ0v) is 19.4. The van der Waals surface area contributed by atoms with Crippen LogP contribution in [0.4, 0.5) is 0 Å². The average molecular weight is 408 g/mol. The number of aryl methyl sites for hydroxylation is 2. The summed E-state index contributed by atoms with van der Waals surface area (Å²) in [6.07, 6.45) is 2.33. The van der Waals surface area contributed by atoms with E-state index in [9.17, 15) is 0 Å². The summed E-state index contributed by atoms with van der Waals surface area (Å²) in [5, 5.41) is 3.96. The maximum Gasteiger partial charge on any atom is 0.295 e. The van der Waals surface area contributed by atoms with Crippen LogP contribution in [-0.4, -0.2) is 4.40 Å². The summed E-state index contributed by atoms with van der Waals surface area (Å²) in [5.74, 6) is 0.913. The van der Waals surface area contributed by atoms with Crippen molar-refractivity contribution in [3.8, 4) is 11.3 Å². The van der Waals surface area contributed by atoms with Crippen molar-refractivity contribution in [2.45, 2.75) is 46.5 Å². The summed E-state index contributed by atoms with van der Waals surface area (Å²) < 4.78 is 4.82. The van der Waals surface area contributed by atoms with E-state index in [2.05, 4.69) is 117 Å². The van der Waals surface area contributed by atoms with Gasteiger partial charge < -0.3 is 0 Å². The number of imidazole rings is 1. The third-order valence-electron chi connectivity index (χ3n) is 6.66. The molecule has 5 rings (SSSR count). The van der Waals surface area contributed by atoms with Crippen molar-refractivity contribution in [2.75, 3.05) is 0 Å². The fourth-order valence-electron chi connectivity index (χ4n) is 5.21. The minimum Gasteiger partial charge on any atom is -0.232 e. The van der Waals surface area contributed by atoms with Gasteiger partial charge >= 0.3 is 0 Å². The monoisotopic (exact) mass is 407 g/mol. The van der Waals surface area contributed by atoms with Crippen molar-refractivity contribution in [3.63, 3.8) is 0 Å². The van der Waals surface area contributed by atoms with Crippen LogP contribution in [0.1, 0.15) is 56.2 Å². The van der Waals surface area contributed by atoms with Crippen LogP contribution in [0.3, 0.4) is 0 Å². The molecule has 2 heterocycles. The maximum absolute atomic E-state index is 2.50. The van der Waals surface area contributed by atoms with E-state index in [0.717, 1.165) is 0 Å². The second-order valence-corrected chi connectivity index (χ2v) is 9.42. The van der Waals surface area contributed by atoms with Crippen molar-refractivity contribution in [1.82, 2.24) is 4.40 Å². The molecular weight excluding hydrogens is 376 g/mol. The molecule has 0 saturated heterocycles. The van der Waals surface area contributed by atoms with Gasteiger partial charge in [-0.1, -0.05) is 82.3 Å². The summed E-state index contributed by atoms with van der Waals surface area (Å²) >= 11 is 0. The molecule has 0 bridgehead atoms. The minimum absolute atomic E-state index is 0.456. The Labute approximate surface area is 184 Å². The number of hydrogen-bond acceptors (Lipinski definition) is 0. The molecule has 0 aliphatic rings. The highest BCUT2D eigenvalue weighted by molar-refractivity contribution is 6.12. The topological polar surface area (TPSA) is 8.29 Å². The van der Waals surface area contributed by atoms with Crippen LogP contribution in [0, 0.1) is 6.92 Å². The summed E-state index contributed by atoms with van der Waals surface area (Å²) in [6.45, 7) is 11.4. The van der Waals surface area contributed by atoms with E-state index >= 15 is 0 Å². The Bertz CT molecular complexity index is 1420. The predicted molar refractivity (Wildman–Crippen MR) is 132 cm³/mol. The molecule has 0 fully saturated rings. The van der Waals surface area contributed by atoms with Crippen LogP contribution < -0.4 is 4.57 Å². The van der Waals surface area contributed by atoms with Gasteiger partial charge in [-0.25, -0.2) is 4.57 Å². The Morgan fingerprint density at radius 2 is 1.35 bits per heavy atom. The molecule has 0 aliphatic carbocycles. The molecular formula is C29H31N2+. The summed E-state index contributed by atoms with van der Waals surface area (Å²) in [5.41, 5.74) is 9.35. The number of nitrogens with zero attached hydrogens (tertiary/aromatic N) is 2. The Kier molecular flexibility index (Phi) is 4.62. The van der Waals surface area contributed by atoms with Gasteiger partial charge in [0.15, 0.2) is 5.69 Å². The normalized spacial score (nSPS) is 12.1. The molecule has 0 atom stereocenters. The lowest BCUT2D eigenvalue weighted by molar-refractivity contribution is -0.643. The van der Waals surface area contributed by atoms with Crippen LogP contribution in [0.25, 0.3) is 38.6 Å². The largest absolute Gasteiger partial charge is 0.295 e. The summed E-state index contributed by atoms with van der Waals surface area (Å²) in [6, 6.07) is 22.3. The molecule has 0 aliphatic heterocycles. The summed E-state index contributed by atoms with van der Waals surface area (Å²) in [7, 11) is 2.19. The van der Waals surface area contributed by atoms with Gasteiger partial charge in [-0.2, -0.15) is 4.40 Å². The number of rotatable bonds is 3. The van der Waals surface area contributed by atoms with Gasteiger partial charge in [0.2, 0.25) is 0 Å². The molecule has 0 saturated carbocycles. The first-order valence-electron chi connectivity index (χ1n) is 11.3. The van der Waals surface area contributed by atoms with Crippen molar-refractivity contribution in [1.29, 1.82) is 0 Å². The van der Waals surface area contributed by atoms with Crippen molar-refractivity contribution >= 4 is 27.3 Å². The van der Waals surface area contributed by atoms with Gasteiger partial charge in [-0.15, -0.1) is 0 Å². The second kappa shape index (κ2) is 7.23. The number of benzene rings is 3. The van der Waals surface area contributed by atoms with Gasteiger partial charge in [0, 0.05) is 16.3 Å². The molecule has 156 valence electrons. The molecule has 2 nitrogen and oxygen atoms in total. The van der Waals surface area contributed by atoms with Crippen LogP contribution in [-0.2, 0) is 7.05 Å². The van der Waals surface area contributed by atoms with E-state index in [1.165, 1.54) is 55.3 Å². The van der Waals surface area contributed by atoms with Gasteiger partial charge in [-0.3, -0.25) is 0 Å². The number of para-hydroxylation sites is 1. The van der Waals surface area contributed by atoms with Crippen LogP contribution in [0.5, 0.6) is 0 Å². The Hall–Kier alpha value is -3.13. The standard InChI is InChI=1S/C29H31N2/c1-18(2)21-13-10-14-22(19(3)4)28(21)26-17-30(6)29-27-20(5)11-9-15-24(27)23-12-7-8-16-25(23)31(26)29/h7-19H,1-6H3/q+1. The van der Waals surface area contributed by atoms with Crippen LogP contribution >= 0.6 is 0 Å². The van der Waals surface area contributed by atoms with Gasteiger partial charge in [0.1, 0.15) is 11.7 Å². The average Bonchev–Trinajstić information content (AvgIpc) is 3.10. The number of pyridine rings is 1. The van der Waals surface area contributed by atoms with Gasteiger partial charge in [-0.05, 0) is 41.5 Å². The zero-order valence-electron chi connectivity index (χ0n) is 19.4. The SMILES string of the molecule is Cc1cccc2c3ccccc3n3c(-c4c(C(C)C)cccc4C(C)C)c[n+](C)c3c12. The second-order valence-electron chi connectivity index (χ2n) is 9.42. The highest BCUT2D eigenvalue weighted by atomic mass is 15.1. The van der Waals surface area contributed by atoms with Gasteiger partial charge in [0.05, 0.1) is 12.4 Å². The molecule has 2 aromatic heterocycles. The Morgan fingerprint density at radius 1 is 0.742 bits per heavy atom. The predicted octanol–water partition coefficient (Wildman–Crippen LogP) is 7.29. The highest BCUT2D eigenvalue weighted by Crippen LogP contribution is 2.39. The molecule has 31 heavy (non-hydrogen) atoms. The Morgan fingerprint density at radius 3 is 2.03 bits per heavy atom. The summed E-state index contributed by atoms with van der Waals surface area (Å²) in [4.78, 5) is 0. The number of hydrogen-bond donors (Lipinski definition) is 0. The molecule has 0 radical (unpaired) electrons. The van der Waals surface area contributed by atoms with E-state index < -0.39 is 0 Å². The first-order chi connectivity index (χ1) is 14.9. The Balaban J connectivity index is 2.07. The van der Waals surface area contributed by atoms with Crippen molar-refractivity contribution in [3.05, 3.63) is 83.6 Å². The zero-order chi connectivity index (χ0) is 21.9. The van der Waals surface area contributed by atoms with E-state index in [4.69, 9.17) is 0 Å². The number of fused-ring (bicyclic) bond motifs is 6. The fraction of sp³-hybridized carbons (Fsp3) is 0.276. The molecule has 0 unspecified atom stereocenters. The van der Waals surface area contributed by atoms with E-state index in [-0.39, 0.29) is 0 Å².